The molecule has 0 spiro atoms. The SMILES string of the molecule is CC(=O)CCCOc1ccc(OCc2ccc3ccccc3n2)cc1. The highest BCUT2D eigenvalue weighted by Crippen LogP contribution is 2.19. The van der Waals surface area contributed by atoms with Crippen LogP contribution in [0.4, 0.5) is 0 Å². The summed E-state index contributed by atoms with van der Waals surface area (Å²) in [7, 11) is 0. The predicted molar refractivity (Wildman–Crippen MR) is 97.9 cm³/mol. The topological polar surface area (TPSA) is 48.4 Å². The van der Waals surface area contributed by atoms with Gasteiger partial charge in [0, 0.05) is 11.8 Å². The summed E-state index contributed by atoms with van der Waals surface area (Å²) in [6.45, 7) is 2.56. The number of fused-ring (bicyclic) bond motifs is 1. The summed E-state index contributed by atoms with van der Waals surface area (Å²) in [5.41, 5.74) is 1.86. The Morgan fingerprint density at radius 2 is 1.64 bits per heavy atom. The number of ether oxygens (including phenoxy) is 2. The number of ketones is 1. The summed E-state index contributed by atoms with van der Waals surface area (Å²) in [4.78, 5) is 15.5. The predicted octanol–water partition coefficient (Wildman–Crippen LogP) is 4.56. The molecule has 1 aromatic heterocycles. The van der Waals surface area contributed by atoms with Gasteiger partial charge in [-0.05, 0) is 49.7 Å². The van der Waals surface area contributed by atoms with E-state index in [0.29, 0.717) is 19.6 Å². The van der Waals surface area contributed by atoms with Crippen LogP contribution in [-0.4, -0.2) is 17.4 Å². The molecule has 0 unspecified atom stereocenters. The average molecular weight is 335 g/mol. The molecule has 128 valence electrons. The number of carbonyl (C=O) groups is 1. The fraction of sp³-hybridized carbons (Fsp3) is 0.238. The summed E-state index contributed by atoms with van der Waals surface area (Å²) in [5, 5.41) is 1.12. The molecular formula is C21H21NO3. The number of hydrogen-bond acceptors (Lipinski definition) is 4. The summed E-state index contributed by atoms with van der Waals surface area (Å²) in [6.07, 6.45) is 1.29. The third kappa shape index (κ3) is 5.05. The van der Waals surface area contributed by atoms with E-state index >= 15 is 0 Å². The number of benzene rings is 2. The fourth-order valence-corrected chi connectivity index (χ4v) is 2.49. The van der Waals surface area contributed by atoms with Crippen molar-refractivity contribution in [2.45, 2.75) is 26.4 Å². The van der Waals surface area contributed by atoms with Gasteiger partial charge in [-0.25, -0.2) is 4.98 Å². The maximum Gasteiger partial charge on any atom is 0.130 e. The largest absolute Gasteiger partial charge is 0.494 e. The quantitative estimate of drug-likeness (QED) is 0.566. The van der Waals surface area contributed by atoms with Gasteiger partial charge in [0.15, 0.2) is 0 Å². The van der Waals surface area contributed by atoms with E-state index in [2.05, 4.69) is 11.1 Å². The molecule has 0 N–H and O–H groups in total. The van der Waals surface area contributed by atoms with Crippen LogP contribution < -0.4 is 9.47 Å². The van der Waals surface area contributed by atoms with Crippen molar-refractivity contribution in [1.29, 1.82) is 0 Å². The van der Waals surface area contributed by atoms with Gasteiger partial charge >= 0.3 is 0 Å². The molecule has 0 aliphatic carbocycles. The Morgan fingerprint density at radius 1 is 0.920 bits per heavy atom. The Balaban J connectivity index is 1.51. The van der Waals surface area contributed by atoms with E-state index in [1.165, 1.54) is 0 Å². The fourth-order valence-electron chi connectivity index (χ4n) is 2.49. The molecule has 0 bridgehead atoms. The first-order chi connectivity index (χ1) is 12.2. The van der Waals surface area contributed by atoms with Crippen LogP contribution in [-0.2, 0) is 11.4 Å². The Labute approximate surface area is 147 Å². The van der Waals surface area contributed by atoms with Crippen LogP contribution in [0.15, 0.2) is 60.7 Å². The highest BCUT2D eigenvalue weighted by Gasteiger charge is 2.01. The number of para-hydroxylation sites is 1. The van der Waals surface area contributed by atoms with Gasteiger partial charge in [-0.3, -0.25) is 0 Å². The zero-order chi connectivity index (χ0) is 17.5. The summed E-state index contributed by atoms with van der Waals surface area (Å²) < 4.78 is 11.4. The summed E-state index contributed by atoms with van der Waals surface area (Å²) in [5.74, 6) is 1.74. The summed E-state index contributed by atoms with van der Waals surface area (Å²) in [6, 6.07) is 19.6. The second kappa shape index (κ2) is 8.29. The number of aromatic nitrogens is 1. The lowest BCUT2D eigenvalue weighted by molar-refractivity contribution is -0.117. The van der Waals surface area contributed by atoms with E-state index in [1.807, 2.05) is 54.6 Å². The molecule has 4 heteroatoms. The van der Waals surface area contributed by atoms with E-state index in [-0.39, 0.29) is 5.78 Å². The lowest BCUT2D eigenvalue weighted by atomic mass is 10.2. The molecule has 0 saturated carbocycles. The minimum absolute atomic E-state index is 0.189. The summed E-state index contributed by atoms with van der Waals surface area (Å²) >= 11 is 0. The standard InChI is InChI=1S/C21H21NO3/c1-16(23)5-4-14-24-19-10-12-20(13-11-19)25-15-18-9-8-17-6-2-3-7-21(17)22-18/h2-3,6-13H,4-5,14-15H2,1H3. The molecule has 0 saturated heterocycles. The number of hydrogen-bond donors (Lipinski definition) is 0. The first kappa shape index (κ1) is 17.0. The smallest absolute Gasteiger partial charge is 0.130 e. The minimum atomic E-state index is 0.189. The second-order valence-corrected chi connectivity index (χ2v) is 5.91. The number of Topliss-reactive ketones (excluding diaryl/α,β-unsaturated/α-hetero) is 1. The Kier molecular flexibility index (Phi) is 5.62. The molecule has 4 nitrogen and oxygen atoms in total. The van der Waals surface area contributed by atoms with Crippen molar-refractivity contribution in [2.75, 3.05) is 6.61 Å². The molecule has 25 heavy (non-hydrogen) atoms. The second-order valence-electron chi connectivity index (χ2n) is 5.91. The highest BCUT2D eigenvalue weighted by molar-refractivity contribution is 5.78. The zero-order valence-electron chi connectivity index (χ0n) is 14.3. The molecular weight excluding hydrogens is 314 g/mol. The van der Waals surface area contributed by atoms with Crippen molar-refractivity contribution in [3.63, 3.8) is 0 Å². The molecule has 0 amide bonds. The Bertz CT molecular complexity index is 843. The van der Waals surface area contributed by atoms with Gasteiger partial charge in [0.25, 0.3) is 0 Å². The number of pyridine rings is 1. The maximum absolute atomic E-state index is 10.9. The van der Waals surface area contributed by atoms with Gasteiger partial charge in [0.1, 0.15) is 23.9 Å². The highest BCUT2D eigenvalue weighted by atomic mass is 16.5. The molecule has 0 radical (unpaired) electrons. The van der Waals surface area contributed by atoms with E-state index < -0.39 is 0 Å². The van der Waals surface area contributed by atoms with E-state index in [9.17, 15) is 4.79 Å². The van der Waals surface area contributed by atoms with E-state index in [4.69, 9.17) is 9.47 Å². The van der Waals surface area contributed by atoms with Gasteiger partial charge in [0.2, 0.25) is 0 Å². The number of nitrogens with zero attached hydrogens (tertiary/aromatic N) is 1. The Morgan fingerprint density at radius 3 is 2.40 bits per heavy atom. The van der Waals surface area contributed by atoms with Crippen LogP contribution in [0.25, 0.3) is 10.9 Å². The van der Waals surface area contributed by atoms with Crippen LogP contribution in [0.3, 0.4) is 0 Å². The molecule has 1 heterocycles. The van der Waals surface area contributed by atoms with Crippen LogP contribution in [0, 0.1) is 0 Å². The first-order valence-corrected chi connectivity index (χ1v) is 8.40. The van der Waals surface area contributed by atoms with Crippen molar-refractivity contribution in [1.82, 2.24) is 4.98 Å². The molecule has 3 rings (SSSR count). The molecule has 3 aromatic rings. The van der Waals surface area contributed by atoms with Crippen LogP contribution in [0.2, 0.25) is 0 Å². The Hall–Kier alpha value is -2.88. The van der Waals surface area contributed by atoms with Crippen molar-refractivity contribution < 1.29 is 14.3 Å². The lowest BCUT2D eigenvalue weighted by Gasteiger charge is -2.09. The van der Waals surface area contributed by atoms with E-state index in [0.717, 1.165) is 34.5 Å². The molecule has 0 aliphatic heterocycles. The van der Waals surface area contributed by atoms with Crippen molar-refractivity contribution in [2.24, 2.45) is 0 Å². The van der Waals surface area contributed by atoms with Crippen molar-refractivity contribution in [3.05, 3.63) is 66.4 Å². The zero-order valence-corrected chi connectivity index (χ0v) is 14.3. The van der Waals surface area contributed by atoms with Gasteiger partial charge < -0.3 is 14.3 Å². The van der Waals surface area contributed by atoms with Crippen LogP contribution in [0.5, 0.6) is 11.5 Å². The number of rotatable bonds is 8. The molecule has 0 fully saturated rings. The van der Waals surface area contributed by atoms with Gasteiger partial charge in [-0.2, -0.15) is 0 Å². The molecule has 2 aromatic carbocycles. The van der Waals surface area contributed by atoms with Crippen molar-refractivity contribution in [3.8, 4) is 11.5 Å². The van der Waals surface area contributed by atoms with Gasteiger partial charge in [-0.1, -0.05) is 24.3 Å². The molecule has 0 aliphatic rings. The minimum Gasteiger partial charge on any atom is -0.494 e. The van der Waals surface area contributed by atoms with Crippen molar-refractivity contribution >= 4 is 16.7 Å². The lowest BCUT2D eigenvalue weighted by Crippen LogP contribution is -2.01. The monoisotopic (exact) mass is 335 g/mol. The van der Waals surface area contributed by atoms with Gasteiger partial charge in [0.05, 0.1) is 17.8 Å². The van der Waals surface area contributed by atoms with E-state index in [1.54, 1.807) is 6.92 Å². The third-order valence-corrected chi connectivity index (χ3v) is 3.81. The average Bonchev–Trinajstić information content (AvgIpc) is 2.64. The maximum atomic E-state index is 10.9. The molecule has 0 atom stereocenters. The number of carbonyl (C=O) groups excluding carboxylic acids is 1. The first-order valence-electron chi connectivity index (χ1n) is 8.40. The third-order valence-electron chi connectivity index (χ3n) is 3.81. The van der Waals surface area contributed by atoms with Crippen LogP contribution >= 0.6 is 0 Å². The van der Waals surface area contributed by atoms with Crippen LogP contribution in [0.1, 0.15) is 25.5 Å². The van der Waals surface area contributed by atoms with Gasteiger partial charge in [-0.15, -0.1) is 0 Å². The normalized spacial score (nSPS) is 10.6.